The average molecular weight is 222 g/mol. The first-order valence-corrected chi connectivity index (χ1v) is 5.30. The summed E-state index contributed by atoms with van der Waals surface area (Å²) in [6.07, 6.45) is 6.43. The van der Waals surface area contributed by atoms with E-state index in [-0.39, 0.29) is 17.5 Å². The molecule has 1 heterocycles. The molecule has 0 aromatic carbocycles. The fourth-order valence-corrected chi connectivity index (χ4v) is 1.98. The maximum absolute atomic E-state index is 11.6. The second-order valence-electron chi connectivity index (χ2n) is 4.02. The van der Waals surface area contributed by atoms with Crippen LogP contribution in [0.25, 0.3) is 0 Å². The van der Waals surface area contributed by atoms with Crippen molar-refractivity contribution >= 4 is 0 Å². The second-order valence-corrected chi connectivity index (χ2v) is 4.02. The molecule has 0 saturated carbocycles. The van der Waals surface area contributed by atoms with E-state index in [1.165, 1.54) is 11.5 Å². The Balaban J connectivity index is 2.56. The molecule has 0 amide bonds. The summed E-state index contributed by atoms with van der Waals surface area (Å²) in [6.45, 7) is 1.50. The van der Waals surface area contributed by atoms with Crippen molar-refractivity contribution in [1.82, 2.24) is 9.55 Å². The molecule has 1 aromatic heterocycles. The molecule has 2 rings (SSSR count). The van der Waals surface area contributed by atoms with E-state index in [0.29, 0.717) is 6.42 Å². The van der Waals surface area contributed by atoms with Gasteiger partial charge < -0.3 is 5.11 Å². The van der Waals surface area contributed by atoms with E-state index in [2.05, 4.69) is 11.1 Å². The van der Waals surface area contributed by atoms with Crippen LogP contribution in [0.5, 0.6) is 5.88 Å². The van der Waals surface area contributed by atoms with E-state index in [0.717, 1.165) is 12.8 Å². The maximum Gasteiger partial charge on any atom is 0.331 e. The van der Waals surface area contributed by atoms with Gasteiger partial charge in [0.15, 0.2) is 0 Å². The van der Waals surface area contributed by atoms with Crippen LogP contribution in [-0.4, -0.2) is 14.7 Å². The van der Waals surface area contributed by atoms with Crippen LogP contribution in [0.1, 0.15) is 30.9 Å². The van der Waals surface area contributed by atoms with Gasteiger partial charge in [0.2, 0.25) is 5.88 Å². The first kappa shape index (κ1) is 10.7. The molecule has 0 spiro atoms. The molecule has 5 heteroatoms. The quantitative estimate of drug-likeness (QED) is 0.691. The van der Waals surface area contributed by atoms with Gasteiger partial charge in [0.1, 0.15) is 0 Å². The number of hydrogen-bond donors (Lipinski definition) is 2. The Hall–Kier alpha value is -1.78. The van der Waals surface area contributed by atoms with Crippen LogP contribution in [0, 0.1) is 6.92 Å². The molecule has 0 saturated heterocycles. The van der Waals surface area contributed by atoms with Crippen molar-refractivity contribution in [2.24, 2.45) is 0 Å². The molecule has 0 radical (unpaired) electrons. The third kappa shape index (κ3) is 1.68. The summed E-state index contributed by atoms with van der Waals surface area (Å²) in [5.74, 6) is -0.214. The number of rotatable bonds is 1. The van der Waals surface area contributed by atoms with Gasteiger partial charge in [-0.05, 0) is 26.2 Å². The molecule has 16 heavy (non-hydrogen) atoms. The van der Waals surface area contributed by atoms with E-state index in [9.17, 15) is 14.7 Å². The van der Waals surface area contributed by atoms with Gasteiger partial charge in [-0.3, -0.25) is 14.3 Å². The third-order valence-corrected chi connectivity index (χ3v) is 2.95. The zero-order valence-electron chi connectivity index (χ0n) is 9.06. The standard InChI is InChI=1S/C11H14N2O3/c1-7-9(14)12-11(16)13(10(7)15)8-5-3-2-4-6-8/h2-3,8,15H,4-6H2,1H3,(H,12,14,16). The van der Waals surface area contributed by atoms with Crippen molar-refractivity contribution < 1.29 is 5.11 Å². The topological polar surface area (TPSA) is 75.1 Å². The molecule has 2 N–H and O–H groups in total. The van der Waals surface area contributed by atoms with Gasteiger partial charge in [-0.1, -0.05) is 12.2 Å². The number of hydrogen-bond acceptors (Lipinski definition) is 3. The number of nitrogens with one attached hydrogen (secondary N) is 1. The number of aromatic nitrogens is 2. The summed E-state index contributed by atoms with van der Waals surface area (Å²) >= 11 is 0. The lowest BCUT2D eigenvalue weighted by atomic mass is 10.0. The zero-order valence-corrected chi connectivity index (χ0v) is 9.06. The first-order valence-electron chi connectivity index (χ1n) is 5.30. The molecule has 86 valence electrons. The van der Waals surface area contributed by atoms with Crippen LogP contribution in [-0.2, 0) is 0 Å². The van der Waals surface area contributed by atoms with Crippen molar-refractivity contribution in [2.75, 3.05) is 0 Å². The molecule has 1 atom stereocenters. The molecule has 1 aliphatic carbocycles. The monoisotopic (exact) mass is 222 g/mol. The highest BCUT2D eigenvalue weighted by molar-refractivity contribution is 5.21. The molecule has 0 fully saturated rings. The lowest BCUT2D eigenvalue weighted by molar-refractivity contribution is 0.343. The van der Waals surface area contributed by atoms with Gasteiger partial charge in [-0.15, -0.1) is 0 Å². The fraction of sp³-hybridized carbons (Fsp3) is 0.455. The number of aromatic hydroxyl groups is 1. The van der Waals surface area contributed by atoms with Crippen molar-refractivity contribution in [1.29, 1.82) is 0 Å². The molecular formula is C11H14N2O3. The largest absolute Gasteiger partial charge is 0.494 e. The summed E-state index contributed by atoms with van der Waals surface area (Å²) in [5.41, 5.74) is -0.868. The summed E-state index contributed by atoms with van der Waals surface area (Å²) in [6, 6.07) is -0.0620. The van der Waals surface area contributed by atoms with Gasteiger partial charge in [0.05, 0.1) is 5.56 Å². The highest BCUT2D eigenvalue weighted by atomic mass is 16.3. The number of allylic oxidation sites excluding steroid dienone is 2. The minimum atomic E-state index is -0.534. The Morgan fingerprint density at radius 3 is 2.81 bits per heavy atom. The van der Waals surface area contributed by atoms with Gasteiger partial charge in [0, 0.05) is 6.04 Å². The van der Waals surface area contributed by atoms with E-state index in [1.807, 2.05) is 6.08 Å². The van der Waals surface area contributed by atoms with E-state index < -0.39 is 11.2 Å². The molecular weight excluding hydrogens is 208 g/mol. The van der Waals surface area contributed by atoms with E-state index >= 15 is 0 Å². The van der Waals surface area contributed by atoms with E-state index in [4.69, 9.17) is 0 Å². The Labute approximate surface area is 92.1 Å². The zero-order chi connectivity index (χ0) is 11.7. The van der Waals surface area contributed by atoms with Gasteiger partial charge >= 0.3 is 5.69 Å². The third-order valence-electron chi connectivity index (χ3n) is 2.95. The van der Waals surface area contributed by atoms with Crippen molar-refractivity contribution in [3.8, 4) is 5.88 Å². The van der Waals surface area contributed by atoms with Crippen molar-refractivity contribution in [3.05, 3.63) is 38.6 Å². The Morgan fingerprint density at radius 1 is 1.44 bits per heavy atom. The van der Waals surface area contributed by atoms with Crippen LogP contribution >= 0.6 is 0 Å². The summed E-state index contributed by atoms with van der Waals surface area (Å²) < 4.78 is 1.28. The Morgan fingerprint density at radius 2 is 2.19 bits per heavy atom. The SMILES string of the molecule is Cc1c(O)n(C2CC=CCC2)c(=O)[nH]c1=O. The predicted molar refractivity (Wildman–Crippen MR) is 59.8 cm³/mol. The molecule has 0 bridgehead atoms. The summed E-state index contributed by atoms with van der Waals surface area (Å²) in [7, 11) is 0. The van der Waals surface area contributed by atoms with Crippen molar-refractivity contribution in [2.45, 2.75) is 32.2 Å². The maximum atomic E-state index is 11.6. The minimum absolute atomic E-state index is 0.0620. The highest BCUT2D eigenvalue weighted by Gasteiger charge is 2.19. The Kier molecular flexibility index (Phi) is 2.68. The molecule has 1 unspecified atom stereocenters. The Bertz CT molecular complexity index is 539. The predicted octanol–water partition coefficient (Wildman–Crippen LogP) is 0.832. The van der Waals surface area contributed by atoms with E-state index in [1.54, 1.807) is 0 Å². The minimum Gasteiger partial charge on any atom is -0.494 e. The van der Waals surface area contributed by atoms with Crippen molar-refractivity contribution in [3.63, 3.8) is 0 Å². The smallest absolute Gasteiger partial charge is 0.331 e. The van der Waals surface area contributed by atoms with Crippen LogP contribution in [0.2, 0.25) is 0 Å². The van der Waals surface area contributed by atoms with Gasteiger partial charge in [0.25, 0.3) is 5.56 Å². The number of H-pyrrole nitrogens is 1. The normalized spacial score (nSPS) is 19.9. The van der Waals surface area contributed by atoms with Gasteiger partial charge in [-0.2, -0.15) is 0 Å². The first-order chi connectivity index (χ1) is 7.61. The number of nitrogens with zero attached hydrogens (tertiary/aromatic N) is 1. The molecule has 5 nitrogen and oxygen atoms in total. The molecule has 1 aliphatic rings. The fourth-order valence-electron chi connectivity index (χ4n) is 1.98. The van der Waals surface area contributed by atoms with Crippen LogP contribution in [0.4, 0.5) is 0 Å². The lowest BCUT2D eigenvalue weighted by Gasteiger charge is -2.21. The van der Waals surface area contributed by atoms with Gasteiger partial charge in [-0.25, -0.2) is 4.79 Å². The number of aromatic amines is 1. The summed E-state index contributed by atoms with van der Waals surface area (Å²) in [4.78, 5) is 25.1. The van der Waals surface area contributed by atoms with Crippen LogP contribution in [0.15, 0.2) is 21.7 Å². The highest BCUT2D eigenvalue weighted by Crippen LogP contribution is 2.25. The lowest BCUT2D eigenvalue weighted by Crippen LogP contribution is -2.34. The second kappa shape index (κ2) is 4.00. The molecule has 0 aliphatic heterocycles. The summed E-state index contributed by atoms with van der Waals surface area (Å²) in [5, 5.41) is 9.83. The van der Waals surface area contributed by atoms with Crippen LogP contribution < -0.4 is 11.2 Å². The van der Waals surface area contributed by atoms with Crippen LogP contribution in [0.3, 0.4) is 0 Å². The average Bonchev–Trinajstić information content (AvgIpc) is 2.28. The molecule has 1 aromatic rings.